The van der Waals surface area contributed by atoms with Crippen LogP contribution in [0.3, 0.4) is 0 Å². The van der Waals surface area contributed by atoms with Crippen LogP contribution in [0, 0.1) is 0 Å². The first-order valence-corrected chi connectivity index (χ1v) is 10.5. The van der Waals surface area contributed by atoms with Crippen molar-refractivity contribution >= 4 is 50.9 Å². The zero-order valence-corrected chi connectivity index (χ0v) is 19.6. The Labute approximate surface area is 191 Å². The molecule has 4 aromatic rings. The van der Waals surface area contributed by atoms with Gasteiger partial charge in [-0.3, -0.25) is 0 Å². The number of pyridine rings is 1. The maximum absolute atomic E-state index is 3.77. The van der Waals surface area contributed by atoms with Crippen molar-refractivity contribution in [3.05, 3.63) is 48.5 Å². The second-order valence-corrected chi connectivity index (χ2v) is 7.51. The van der Waals surface area contributed by atoms with Crippen molar-refractivity contribution in [3.8, 4) is 0 Å². The van der Waals surface area contributed by atoms with Gasteiger partial charge in [0.05, 0.1) is 22.0 Å². The van der Waals surface area contributed by atoms with Gasteiger partial charge in [-0.1, -0.05) is 38.1 Å². The summed E-state index contributed by atoms with van der Waals surface area (Å²) in [5.41, 5.74) is 6.13. The van der Waals surface area contributed by atoms with Crippen LogP contribution in [-0.4, -0.2) is 36.1 Å². The van der Waals surface area contributed by atoms with Crippen molar-refractivity contribution in [2.45, 2.75) is 26.7 Å². The van der Waals surface area contributed by atoms with Gasteiger partial charge in [0.25, 0.3) is 0 Å². The van der Waals surface area contributed by atoms with Gasteiger partial charge < -0.3 is 27.6 Å². The second kappa shape index (κ2) is 10.9. The third-order valence-corrected chi connectivity index (χ3v) is 5.90. The molecule has 0 unspecified atom stereocenters. The van der Waals surface area contributed by atoms with Gasteiger partial charge in [-0.25, -0.2) is 0 Å². The minimum absolute atomic E-state index is 0. The van der Waals surface area contributed by atoms with Crippen molar-refractivity contribution in [1.82, 2.24) is 9.88 Å². The molecule has 0 amide bonds. The second-order valence-electron chi connectivity index (χ2n) is 7.51. The lowest BCUT2D eigenvalue weighted by atomic mass is 10.1. The van der Waals surface area contributed by atoms with Crippen LogP contribution in [-0.2, 0) is 7.05 Å². The van der Waals surface area contributed by atoms with Crippen molar-refractivity contribution in [2.75, 3.05) is 31.5 Å². The topological polar surface area (TPSA) is 34.9 Å². The van der Waals surface area contributed by atoms with E-state index < -0.39 is 0 Å². The summed E-state index contributed by atoms with van der Waals surface area (Å²) in [6.07, 6.45) is 2.40. The lowest BCUT2D eigenvalue weighted by molar-refractivity contribution is -0.616. The van der Waals surface area contributed by atoms with Crippen LogP contribution in [0.5, 0.6) is 0 Å². The van der Waals surface area contributed by atoms with Crippen LogP contribution in [0.25, 0.3) is 32.8 Å². The highest BCUT2D eigenvalue weighted by atomic mass is 35.5. The highest BCUT2D eigenvalue weighted by molar-refractivity contribution is 6.13. The highest BCUT2D eigenvalue weighted by Crippen LogP contribution is 2.33. The molecular formula is C24H32Cl2N4. The Bertz CT molecular complexity index is 1100. The number of rotatable bonds is 8. The van der Waals surface area contributed by atoms with Gasteiger partial charge in [-0.15, -0.1) is 12.4 Å². The van der Waals surface area contributed by atoms with Gasteiger partial charge in [0, 0.05) is 12.6 Å². The Morgan fingerprint density at radius 2 is 1.60 bits per heavy atom. The molecule has 30 heavy (non-hydrogen) atoms. The number of unbranched alkanes of at least 4 members (excludes halogenated alkanes) is 1. The van der Waals surface area contributed by atoms with Gasteiger partial charge in [0.1, 0.15) is 12.6 Å². The Hall–Kier alpha value is -2.01. The molecule has 0 atom stereocenters. The van der Waals surface area contributed by atoms with E-state index in [1.54, 1.807) is 0 Å². The maximum Gasteiger partial charge on any atom is 0.240 e. The molecule has 0 radical (unpaired) electrons. The van der Waals surface area contributed by atoms with Gasteiger partial charge in [-0.05, 0) is 50.7 Å². The van der Waals surface area contributed by atoms with E-state index in [2.05, 4.69) is 89.2 Å². The molecule has 2 N–H and O–H groups in total. The van der Waals surface area contributed by atoms with Crippen LogP contribution >= 0.6 is 12.4 Å². The number of aromatic nitrogens is 2. The molecular weight excluding hydrogens is 415 g/mol. The molecule has 0 aliphatic rings. The summed E-state index contributed by atoms with van der Waals surface area (Å²) in [6, 6.07) is 17.3. The van der Waals surface area contributed by atoms with E-state index in [-0.39, 0.29) is 24.8 Å². The predicted molar refractivity (Wildman–Crippen MR) is 127 cm³/mol. The van der Waals surface area contributed by atoms with Gasteiger partial charge >= 0.3 is 0 Å². The lowest BCUT2D eigenvalue weighted by Gasteiger charge is -2.17. The molecule has 2 aromatic heterocycles. The first kappa shape index (κ1) is 24.3. The molecule has 6 heteroatoms. The molecule has 4 nitrogen and oxygen atoms in total. The van der Waals surface area contributed by atoms with Crippen molar-refractivity contribution in [2.24, 2.45) is 7.05 Å². The molecule has 162 valence electrons. The molecule has 0 spiro atoms. The molecule has 2 heterocycles. The number of halogens is 2. The first-order chi connectivity index (χ1) is 13.7. The summed E-state index contributed by atoms with van der Waals surface area (Å²) < 4.78 is 2.31. The number of aryl methyl sites for hydroxylation is 1. The van der Waals surface area contributed by atoms with Crippen LogP contribution < -0.4 is 22.3 Å². The molecule has 2 aromatic carbocycles. The quantitative estimate of drug-likeness (QED) is 0.321. The van der Waals surface area contributed by atoms with Gasteiger partial charge in [0.15, 0.2) is 0 Å². The Morgan fingerprint density at radius 3 is 2.33 bits per heavy atom. The third kappa shape index (κ3) is 4.51. The molecule has 0 saturated carbocycles. The zero-order chi connectivity index (χ0) is 19.5. The van der Waals surface area contributed by atoms with Crippen molar-refractivity contribution in [3.63, 3.8) is 0 Å². The smallest absolute Gasteiger partial charge is 0.240 e. The molecule has 0 saturated heterocycles. The van der Waals surface area contributed by atoms with Crippen LogP contribution in [0.2, 0.25) is 0 Å². The fourth-order valence-electron chi connectivity index (χ4n) is 4.29. The summed E-state index contributed by atoms with van der Waals surface area (Å²) in [4.78, 5) is 6.16. The van der Waals surface area contributed by atoms with Crippen molar-refractivity contribution in [1.29, 1.82) is 0 Å². The average molecular weight is 447 g/mol. The number of benzene rings is 2. The van der Waals surface area contributed by atoms with E-state index in [0.29, 0.717) is 0 Å². The number of hydrogen-bond donors (Lipinski definition) is 2. The van der Waals surface area contributed by atoms with E-state index in [4.69, 9.17) is 0 Å². The number of aromatic amines is 1. The minimum Gasteiger partial charge on any atom is -1.00 e. The van der Waals surface area contributed by atoms with E-state index >= 15 is 0 Å². The number of nitrogens with zero attached hydrogens (tertiary/aromatic N) is 2. The largest absolute Gasteiger partial charge is 1.00 e. The first-order valence-electron chi connectivity index (χ1n) is 10.5. The monoisotopic (exact) mass is 446 g/mol. The van der Waals surface area contributed by atoms with Crippen molar-refractivity contribution < 1.29 is 17.0 Å². The number of H-pyrrole nitrogens is 1. The van der Waals surface area contributed by atoms with E-state index in [0.717, 1.165) is 19.6 Å². The maximum atomic E-state index is 3.77. The SMILES string of the molecule is CCN(CC)CCCCNc1c2ccccc2[n+](C)c2c1[nH]c1ccccc12.Cl.[Cl-]. The molecule has 4 rings (SSSR count). The summed E-state index contributed by atoms with van der Waals surface area (Å²) >= 11 is 0. The summed E-state index contributed by atoms with van der Waals surface area (Å²) in [6.45, 7) is 8.93. The van der Waals surface area contributed by atoms with E-state index in [1.165, 1.54) is 57.9 Å². The highest BCUT2D eigenvalue weighted by Gasteiger charge is 2.21. The molecule has 0 fully saturated rings. The molecule has 0 aliphatic heterocycles. The summed E-state index contributed by atoms with van der Waals surface area (Å²) in [5.74, 6) is 0. The van der Waals surface area contributed by atoms with Crippen LogP contribution in [0.1, 0.15) is 26.7 Å². The van der Waals surface area contributed by atoms with Crippen LogP contribution in [0.15, 0.2) is 48.5 Å². The van der Waals surface area contributed by atoms with Crippen LogP contribution in [0.4, 0.5) is 5.69 Å². The Morgan fingerprint density at radius 1 is 0.933 bits per heavy atom. The number of anilines is 1. The Balaban J connectivity index is 0.00000160. The fraction of sp³-hybridized carbons (Fsp3) is 0.375. The third-order valence-electron chi connectivity index (χ3n) is 5.90. The number of hydrogen-bond acceptors (Lipinski definition) is 2. The fourth-order valence-corrected chi connectivity index (χ4v) is 4.29. The minimum atomic E-state index is 0. The summed E-state index contributed by atoms with van der Waals surface area (Å²) in [7, 11) is 2.17. The van der Waals surface area contributed by atoms with E-state index in [9.17, 15) is 0 Å². The predicted octanol–water partition coefficient (Wildman–Crippen LogP) is 2.26. The number of para-hydroxylation sites is 2. The van der Waals surface area contributed by atoms with Gasteiger partial charge in [0.2, 0.25) is 11.0 Å². The zero-order valence-electron chi connectivity index (χ0n) is 18.0. The molecule has 0 bridgehead atoms. The lowest BCUT2D eigenvalue weighted by Crippen LogP contribution is -3.00. The normalized spacial score (nSPS) is 11.1. The number of fused-ring (bicyclic) bond motifs is 4. The molecule has 0 aliphatic carbocycles. The standard InChI is InChI=1S/C24H30N4.2ClH/c1-4-28(5-2)17-11-10-16-25-22-19-13-7-9-15-21(19)27(3)24-18-12-6-8-14-20(18)26-23(22)24;;/h6-9,12-15H,4-5,10-11,16-17H2,1-3H3,(H,25,26);2*1H. The summed E-state index contributed by atoms with van der Waals surface area (Å²) in [5, 5.41) is 6.31. The Kier molecular flexibility index (Phi) is 8.78. The van der Waals surface area contributed by atoms with Gasteiger partial charge in [-0.2, -0.15) is 4.57 Å². The average Bonchev–Trinajstić information content (AvgIpc) is 3.12. The van der Waals surface area contributed by atoms with E-state index in [1.807, 2.05) is 0 Å². The number of nitrogens with one attached hydrogen (secondary N) is 2.